The Morgan fingerprint density at radius 2 is 2.20 bits per heavy atom. The Balaban J connectivity index is 1.93. The number of aliphatic hydroxyl groups excluding tert-OH is 1. The monoisotopic (exact) mass is 273 g/mol. The molecule has 5 heteroatoms. The normalized spacial score (nSPS) is 26.0. The Morgan fingerprint density at radius 3 is 2.80 bits per heavy atom. The van der Waals surface area contributed by atoms with Gasteiger partial charge in [-0.1, -0.05) is 29.8 Å². The topological polar surface area (TPSA) is 60.2 Å². The molecule has 1 aliphatic rings. The zero-order chi connectivity index (χ0) is 14.0. The average molecular weight is 273 g/mol. The maximum Gasteiger partial charge on any atom is 0.137 e. The molecule has 0 spiro atoms. The molecule has 5 nitrogen and oxygen atoms in total. The molecule has 3 rings (SSSR count). The molecule has 2 atom stereocenters. The lowest BCUT2D eigenvalue weighted by Crippen LogP contribution is -2.31. The summed E-state index contributed by atoms with van der Waals surface area (Å²) in [6, 6.07) is 8.39. The first kappa shape index (κ1) is 13.3. The first-order valence-electron chi connectivity index (χ1n) is 6.86. The van der Waals surface area contributed by atoms with Crippen LogP contribution >= 0.6 is 0 Å². The first-order valence-corrected chi connectivity index (χ1v) is 6.86. The van der Waals surface area contributed by atoms with Crippen LogP contribution in [0.2, 0.25) is 0 Å². The van der Waals surface area contributed by atoms with Crippen LogP contribution in [-0.4, -0.2) is 33.1 Å². The lowest BCUT2D eigenvalue weighted by Gasteiger charge is -2.29. The molecule has 0 saturated carbocycles. The van der Waals surface area contributed by atoms with Gasteiger partial charge in [-0.15, -0.1) is 0 Å². The number of nitrogens with zero attached hydrogens (tertiary/aromatic N) is 3. The zero-order valence-corrected chi connectivity index (χ0v) is 11.6. The van der Waals surface area contributed by atoms with E-state index in [1.165, 1.54) is 11.9 Å². The van der Waals surface area contributed by atoms with Crippen molar-refractivity contribution < 1.29 is 9.84 Å². The van der Waals surface area contributed by atoms with Gasteiger partial charge in [0.1, 0.15) is 18.3 Å². The van der Waals surface area contributed by atoms with Crippen molar-refractivity contribution in [3.05, 3.63) is 48.0 Å². The van der Waals surface area contributed by atoms with E-state index in [-0.39, 0.29) is 12.5 Å². The summed E-state index contributed by atoms with van der Waals surface area (Å²) in [5.74, 6) is 0.180. The zero-order valence-electron chi connectivity index (χ0n) is 11.6. The number of aryl methyl sites for hydroxylation is 1. The predicted molar refractivity (Wildman–Crippen MR) is 74.0 cm³/mol. The van der Waals surface area contributed by atoms with Crippen LogP contribution < -0.4 is 0 Å². The van der Waals surface area contributed by atoms with E-state index >= 15 is 0 Å². The van der Waals surface area contributed by atoms with Crippen molar-refractivity contribution in [3.63, 3.8) is 0 Å². The molecule has 1 aliphatic heterocycles. The number of aliphatic hydroxyl groups is 1. The fourth-order valence-corrected chi connectivity index (χ4v) is 2.81. The molecule has 20 heavy (non-hydrogen) atoms. The van der Waals surface area contributed by atoms with Gasteiger partial charge in [-0.3, -0.25) is 0 Å². The third-order valence-electron chi connectivity index (χ3n) is 3.93. The molecule has 0 bridgehead atoms. The standard InChI is InChI=1S/C15H19N3O2/c1-12-2-4-14(5-3-12)15(6-13(7-19)8-20-15)9-18-11-16-10-17-18/h2-5,10-11,13,19H,6-9H2,1H3/t13-,15+/m1/s1. The van der Waals surface area contributed by atoms with Gasteiger partial charge in [-0.05, 0) is 18.9 Å². The Morgan fingerprint density at radius 1 is 1.40 bits per heavy atom. The molecule has 1 saturated heterocycles. The molecule has 1 fully saturated rings. The number of hydrogen-bond acceptors (Lipinski definition) is 4. The molecule has 2 aromatic rings. The van der Waals surface area contributed by atoms with Gasteiger partial charge in [-0.25, -0.2) is 9.67 Å². The van der Waals surface area contributed by atoms with Crippen LogP contribution in [0.5, 0.6) is 0 Å². The molecule has 0 unspecified atom stereocenters. The van der Waals surface area contributed by atoms with E-state index in [1.807, 2.05) is 0 Å². The number of rotatable bonds is 4. The van der Waals surface area contributed by atoms with Crippen LogP contribution in [0.25, 0.3) is 0 Å². The molecule has 1 N–H and O–H groups in total. The maximum absolute atomic E-state index is 9.40. The van der Waals surface area contributed by atoms with Gasteiger partial charge < -0.3 is 9.84 Å². The van der Waals surface area contributed by atoms with Crippen LogP contribution in [-0.2, 0) is 16.9 Å². The molecule has 0 radical (unpaired) electrons. The summed E-state index contributed by atoms with van der Waals surface area (Å²) in [5.41, 5.74) is 1.94. The summed E-state index contributed by atoms with van der Waals surface area (Å²) < 4.78 is 7.89. The van der Waals surface area contributed by atoms with Crippen LogP contribution in [0.15, 0.2) is 36.9 Å². The number of hydrogen-bond donors (Lipinski definition) is 1. The Labute approximate surface area is 118 Å². The molecule has 0 amide bonds. The number of aromatic nitrogens is 3. The second-order valence-electron chi connectivity index (χ2n) is 5.52. The Hall–Kier alpha value is -1.72. The lowest BCUT2D eigenvalue weighted by atomic mass is 9.87. The van der Waals surface area contributed by atoms with Crippen LogP contribution in [0.1, 0.15) is 17.5 Å². The van der Waals surface area contributed by atoms with Gasteiger partial charge in [-0.2, -0.15) is 5.10 Å². The van der Waals surface area contributed by atoms with Crippen molar-refractivity contribution >= 4 is 0 Å². The smallest absolute Gasteiger partial charge is 0.137 e. The van der Waals surface area contributed by atoms with Crippen molar-refractivity contribution in [1.82, 2.24) is 14.8 Å². The number of benzene rings is 1. The molecule has 106 valence electrons. The van der Waals surface area contributed by atoms with Gasteiger partial charge in [0.05, 0.1) is 13.2 Å². The predicted octanol–water partition coefficient (Wildman–Crippen LogP) is 1.51. The van der Waals surface area contributed by atoms with E-state index in [4.69, 9.17) is 4.74 Å². The average Bonchev–Trinajstić information content (AvgIpc) is 3.10. The van der Waals surface area contributed by atoms with E-state index in [0.29, 0.717) is 13.2 Å². The summed E-state index contributed by atoms with van der Waals surface area (Å²) in [6.45, 7) is 3.43. The molecule has 2 heterocycles. The van der Waals surface area contributed by atoms with Crippen LogP contribution in [0, 0.1) is 12.8 Å². The van der Waals surface area contributed by atoms with Crippen molar-refractivity contribution in [2.45, 2.75) is 25.5 Å². The fourth-order valence-electron chi connectivity index (χ4n) is 2.81. The highest BCUT2D eigenvalue weighted by Gasteiger charge is 2.42. The second-order valence-corrected chi connectivity index (χ2v) is 5.52. The minimum atomic E-state index is -0.422. The minimum Gasteiger partial charge on any atom is -0.396 e. The van der Waals surface area contributed by atoms with Gasteiger partial charge in [0, 0.05) is 12.5 Å². The highest BCUT2D eigenvalue weighted by Crippen LogP contribution is 2.40. The number of ether oxygens (including phenoxy) is 1. The Kier molecular flexibility index (Phi) is 3.54. The van der Waals surface area contributed by atoms with Crippen LogP contribution in [0.4, 0.5) is 0 Å². The maximum atomic E-state index is 9.40. The van der Waals surface area contributed by atoms with E-state index in [0.717, 1.165) is 12.0 Å². The SMILES string of the molecule is Cc1ccc([C@@]2(Cn3cncn3)C[C@H](CO)CO2)cc1. The van der Waals surface area contributed by atoms with Crippen molar-refractivity contribution in [3.8, 4) is 0 Å². The van der Waals surface area contributed by atoms with E-state index in [2.05, 4.69) is 41.3 Å². The third-order valence-corrected chi connectivity index (χ3v) is 3.93. The molecule has 1 aromatic carbocycles. The van der Waals surface area contributed by atoms with Gasteiger partial charge in [0.25, 0.3) is 0 Å². The van der Waals surface area contributed by atoms with Gasteiger partial charge in [0.15, 0.2) is 0 Å². The summed E-state index contributed by atoms with van der Waals surface area (Å²) in [6.07, 6.45) is 4.03. The highest BCUT2D eigenvalue weighted by molar-refractivity contribution is 5.27. The first-order chi connectivity index (χ1) is 9.72. The van der Waals surface area contributed by atoms with E-state index in [9.17, 15) is 5.11 Å². The third kappa shape index (κ3) is 2.46. The lowest BCUT2D eigenvalue weighted by molar-refractivity contribution is -0.0181. The molecular formula is C15H19N3O2. The van der Waals surface area contributed by atoms with Gasteiger partial charge >= 0.3 is 0 Å². The van der Waals surface area contributed by atoms with Crippen LogP contribution in [0.3, 0.4) is 0 Å². The molecule has 1 aromatic heterocycles. The Bertz CT molecular complexity index is 553. The largest absolute Gasteiger partial charge is 0.396 e. The van der Waals surface area contributed by atoms with E-state index < -0.39 is 5.60 Å². The second kappa shape index (κ2) is 5.34. The molecular weight excluding hydrogens is 254 g/mol. The van der Waals surface area contributed by atoms with Gasteiger partial charge in [0.2, 0.25) is 0 Å². The summed E-state index contributed by atoms with van der Waals surface area (Å²) >= 11 is 0. The minimum absolute atomic E-state index is 0.158. The summed E-state index contributed by atoms with van der Waals surface area (Å²) in [5, 5.41) is 13.6. The molecule has 0 aliphatic carbocycles. The summed E-state index contributed by atoms with van der Waals surface area (Å²) in [4.78, 5) is 3.99. The highest BCUT2D eigenvalue weighted by atomic mass is 16.5. The summed E-state index contributed by atoms with van der Waals surface area (Å²) in [7, 11) is 0. The van der Waals surface area contributed by atoms with Crippen molar-refractivity contribution in [2.75, 3.05) is 13.2 Å². The van der Waals surface area contributed by atoms with Crippen molar-refractivity contribution in [2.24, 2.45) is 5.92 Å². The quantitative estimate of drug-likeness (QED) is 0.917. The fraction of sp³-hybridized carbons (Fsp3) is 0.467. The van der Waals surface area contributed by atoms with E-state index in [1.54, 1.807) is 11.0 Å². The van der Waals surface area contributed by atoms with Crippen molar-refractivity contribution in [1.29, 1.82) is 0 Å².